The van der Waals surface area contributed by atoms with Crippen molar-refractivity contribution in [3.8, 4) is 23.0 Å². The molecule has 34 heavy (non-hydrogen) atoms. The van der Waals surface area contributed by atoms with Crippen LogP contribution in [-0.4, -0.2) is 47.0 Å². The summed E-state index contributed by atoms with van der Waals surface area (Å²) in [5.74, 6) is 2.18. The molecule has 0 aliphatic carbocycles. The van der Waals surface area contributed by atoms with E-state index in [1.807, 2.05) is 12.1 Å². The van der Waals surface area contributed by atoms with E-state index < -0.39 is 16.1 Å². The molecule has 1 heterocycles. The van der Waals surface area contributed by atoms with E-state index in [4.69, 9.17) is 18.9 Å². The molecule has 0 spiro atoms. The lowest BCUT2D eigenvalue weighted by atomic mass is 9.98. The minimum atomic E-state index is -3.92. The second-order valence-corrected chi connectivity index (χ2v) is 9.34. The molecule has 0 aromatic heterocycles. The molecule has 8 nitrogen and oxygen atoms in total. The Morgan fingerprint density at radius 2 is 1.35 bits per heavy atom. The van der Waals surface area contributed by atoms with E-state index in [2.05, 4.69) is 5.10 Å². The van der Waals surface area contributed by atoms with Crippen molar-refractivity contribution in [2.75, 3.05) is 28.4 Å². The van der Waals surface area contributed by atoms with Gasteiger partial charge >= 0.3 is 0 Å². The number of methoxy groups -OCH3 is 4. The molecule has 0 saturated heterocycles. The molecule has 0 N–H and O–H groups in total. The van der Waals surface area contributed by atoms with E-state index >= 15 is 0 Å². The van der Waals surface area contributed by atoms with Gasteiger partial charge in [0.25, 0.3) is 10.0 Å². The summed E-state index contributed by atoms with van der Waals surface area (Å²) in [6.45, 7) is 0. The summed E-state index contributed by atoms with van der Waals surface area (Å²) in [5.41, 5.74) is 2.09. The van der Waals surface area contributed by atoms with Crippen LogP contribution in [0, 0.1) is 0 Å². The molecule has 0 amide bonds. The van der Waals surface area contributed by atoms with E-state index in [9.17, 15) is 8.42 Å². The van der Waals surface area contributed by atoms with Crippen LogP contribution in [0.5, 0.6) is 23.0 Å². The summed E-state index contributed by atoms with van der Waals surface area (Å²) in [6, 6.07) is 18.5. The highest BCUT2D eigenvalue weighted by molar-refractivity contribution is 7.89. The van der Waals surface area contributed by atoms with Crippen molar-refractivity contribution < 1.29 is 27.4 Å². The van der Waals surface area contributed by atoms with Gasteiger partial charge in [-0.3, -0.25) is 0 Å². The molecule has 0 unspecified atom stereocenters. The van der Waals surface area contributed by atoms with Crippen molar-refractivity contribution in [1.82, 2.24) is 4.41 Å². The average Bonchev–Trinajstić information content (AvgIpc) is 3.35. The van der Waals surface area contributed by atoms with Crippen LogP contribution in [0.25, 0.3) is 0 Å². The van der Waals surface area contributed by atoms with Crippen LogP contribution in [-0.2, 0) is 10.0 Å². The number of hydrazone groups is 1. The summed E-state index contributed by atoms with van der Waals surface area (Å²) >= 11 is 0. The second kappa shape index (κ2) is 9.64. The first kappa shape index (κ1) is 23.4. The monoisotopic (exact) mass is 482 g/mol. The molecule has 178 valence electrons. The Hall–Kier alpha value is -3.72. The van der Waals surface area contributed by atoms with Gasteiger partial charge in [-0.2, -0.15) is 17.9 Å². The molecule has 4 rings (SSSR count). The van der Waals surface area contributed by atoms with Crippen LogP contribution in [0.2, 0.25) is 0 Å². The highest BCUT2D eigenvalue weighted by Gasteiger charge is 2.38. The molecule has 1 aliphatic heterocycles. The van der Waals surface area contributed by atoms with Crippen molar-refractivity contribution in [1.29, 1.82) is 0 Å². The Balaban J connectivity index is 1.82. The molecule has 0 fully saturated rings. The predicted molar refractivity (Wildman–Crippen MR) is 128 cm³/mol. The number of hydrogen-bond donors (Lipinski definition) is 0. The maximum atomic E-state index is 13.6. The van der Waals surface area contributed by atoms with Gasteiger partial charge in [0.1, 0.15) is 0 Å². The van der Waals surface area contributed by atoms with Gasteiger partial charge in [-0.1, -0.05) is 24.3 Å². The Morgan fingerprint density at radius 1 is 0.765 bits per heavy atom. The van der Waals surface area contributed by atoms with Crippen molar-refractivity contribution in [2.24, 2.45) is 5.10 Å². The molecule has 0 saturated carbocycles. The van der Waals surface area contributed by atoms with Crippen LogP contribution < -0.4 is 18.9 Å². The standard InChI is InChI=1S/C25H26N2O6S/c1-30-22-12-10-17(14-24(22)32-3)20-16-21(18-11-13-23(31-2)25(15-18)33-4)27(26-20)34(28,29)19-8-6-5-7-9-19/h5-15,21H,16H2,1-4H3/t21-/m1/s1. The number of rotatable bonds is 8. The molecule has 1 atom stereocenters. The lowest BCUT2D eigenvalue weighted by Crippen LogP contribution is -2.27. The Kier molecular flexibility index (Phi) is 6.65. The van der Waals surface area contributed by atoms with Crippen molar-refractivity contribution in [2.45, 2.75) is 17.4 Å². The fourth-order valence-electron chi connectivity index (χ4n) is 3.91. The molecule has 3 aromatic carbocycles. The quantitative estimate of drug-likeness (QED) is 0.477. The number of hydrogen-bond acceptors (Lipinski definition) is 7. The number of benzene rings is 3. The molecule has 0 radical (unpaired) electrons. The number of nitrogens with zero attached hydrogens (tertiary/aromatic N) is 2. The van der Waals surface area contributed by atoms with E-state index in [1.165, 1.54) is 4.41 Å². The van der Waals surface area contributed by atoms with Crippen molar-refractivity contribution >= 4 is 15.7 Å². The zero-order chi connectivity index (χ0) is 24.3. The van der Waals surface area contributed by atoms with Crippen LogP contribution in [0.15, 0.2) is 76.7 Å². The van der Waals surface area contributed by atoms with Crippen LogP contribution in [0.4, 0.5) is 0 Å². The van der Waals surface area contributed by atoms with E-state index in [1.54, 1.807) is 83.0 Å². The molecule has 0 bridgehead atoms. The van der Waals surface area contributed by atoms with Gasteiger partial charge in [0.05, 0.1) is 45.1 Å². The third kappa shape index (κ3) is 4.26. The number of sulfonamides is 1. The number of ether oxygens (including phenoxy) is 4. The predicted octanol–water partition coefficient (Wildman–Crippen LogP) is 4.26. The molecular formula is C25H26N2O6S. The molecule has 9 heteroatoms. The second-order valence-electron chi connectivity index (χ2n) is 7.54. The Bertz CT molecular complexity index is 1310. The van der Waals surface area contributed by atoms with Crippen molar-refractivity contribution in [3.05, 3.63) is 77.9 Å². The van der Waals surface area contributed by atoms with E-state index in [0.29, 0.717) is 35.1 Å². The molecule has 1 aliphatic rings. The summed E-state index contributed by atoms with van der Waals surface area (Å²) in [7, 11) is 2.29. The van der Waals surface area contributed by atoms with Gasteiger partial charge in [0.2, 0.25) is 0 Å². The van der Waals surface area contributed by atoms with Gasteiger partial charge < -0.3 is 18.9 Å². The van der Waals surface area contributed by atoms with Gasteiger partial charge in [-0.15, -0.1) is 0 Å². The van der Waals surface area contributed by atoms with Gasteiger partial charge in [-0.05, 0) is 48.0 Å². The highest BCUT2D eigenvalue weighted by Crippen LogP contribution is 2.41. The third-order valence-electron chi connectivity index (χ3n) is 5.67. The maximum absolute atomic E-state index is 13.6. The smallest absolute Gasteiger partial charge is 0.279 e. The fourth-order valence-corrected chi connectivity index (χ4v) is 5.36. The highest BCUT2D eigenvalue weighted by atomic mass is 32.2. The van der Waals surface area contributed by atoms with Crippen LogP contribution >= 0.6 is 0 Å². The normalized spacial score (nSPS) is 15.6. The van der Waals surface area contributed by atoms with E-state index in [-0.39, 0.29) is 4.90 Å². The first-order valence-corrected chi connectivity index (χ1v) is 12.0. The minimum absolute atomic E-state index is 0.165. The topological polar surface area (TPSA) is 86.7 Å². The van der Waals surface area contributed by atoms with Crippen LogP contribution in [0.1, 0.15) is 23.6 Å². The van der Waals surface area contributed by atoms with Gasteiger partial charge in [0.15, 0.2) is 23.0 Å². The zero-order valence-corrected chi connectivity index (χ0v) is 20.2. The largest absolute Gasteiger partial charge is 0.493 e. The van der Waals surface area contributed by atoms with Gasteiger partial charge in [-0.25, -0.2) is 0 Å². The van der Waals surface area contributed by atoms with Gasteiger partial charge in [0, 0.05) is 12.0 Å². The molecular weight excluding hydrogens is 456 g/mol. The Morgan fingerprint density at radius 3 is 1.97 bits per heavy atom. The summed E-state index contributed by atoms with van der Waals surface area (Å²) in [6.07, 6.45) is 0.358. The first-order chi connectivity index (χ1) is 16.4. The fraction of sp³-hybridized carbons (Fsp3) is 0.240. The third-order valence-corrected chi connectivity index (χ3v) is 7.37. The molecule has 3 aromatic rings. The average molecular weight is 483 g/mol. The lowest BCUT2D eigenvalue weighted by Gasteiger charge is -2.24. The SMILES string of the molecule is COc1ccc(C2=NN(S(=O)(=O)c3ccccc3)[C@@H](c3ccc(OC)c(OC)c3)C2)cc1OC. The van der Waals surface area contributed by atoms with E-state index in [0.717, 1.165) is 11.1 Å². The van der Waals surface area contributed by atoms with Crippen LogP contribution in [0.3, 0.4) is 0 Å². The summed E-state index contributed by atoms with van der Waals surface area (Å²) in [5, 5.41) is 4.59. The Labute approximate surface area is 199 Å². The van der Waals surface area contributed by atoms with Crippen molar-refractivity contribution in [3.63, 3.8) is 0 Å². The summed E-state index contributed by atoms with van der Waals surface area (Å²) < 4.78 is 50.0. The lowest BCUT2D eigenvalue weighted by molar-refractivity contribution is 0.348. The maximum Gasteiger partial charge on any atom is 0.279 e. The first-order valence-electron chi connectivity index (χ1n) is 10.5. The zero-order valence-electron chi connectivity index (χ0n) is 19.4. The summed E-state index contributed by atoms with van der Waals surface area (Å²) in [4.78, 5) is 0.165. The minimum Gasteiger partial charge on any atom is -0.493 e.